The minimum atomic E-state index is -0.693. The second-order valence-corrected chi connectivity index (χ2v) is 4.29. The van der Waals surface area contributed by atoms with Gasteiger partial charge in [0.25, 0.3) is 0 Å². The Morgan fingerprint density at radius 3 is 2.11 bits per heavy atom. The number of hydrogen-bond donors (Lipinski definition) is 0. The Morgan fingerprint density at radius 1 is 1.05 bits per heavy atom. The van der Waals surface area contributed by atoms with E-state index in [1.807, 2.05) is 0 Å². The molecule has 1 saturated heterocycles. The average molecular weight is 276 g/mol. The van der Waals surface area contributed by atoms with Crippen LogP contribution in [-0.2, 0) is 33.3 Å². The number of ether oxygens (including phenoxy) is 5. The molecule has 5 atom stereocenters. The smallest absolute Gasteiger partial charge is 0.303 e. The summed E-state index contributed by atoms with van der Waals surface area (Å²) in [6, 6.07) is 0. The minimum Gasteiger partial charge on any atom is -0.460 e. The highest BCUT2D eigenvalue weighted by Crippen LogP contribution is 2.29. The summed E-state index contributed by atoms with van der Waals surface area (Å²) >= 11 is 0. The molecular weight excluding hydrogens is 256 g/mol. The topological polar surface area (TPSA) is 80.3 Å². The van der Waals surface area contributed by atoms with E-state index >= 15 is 0 Å². The highest BCUT2D eigenvalue weighted by Gasteiger charge is 2.50. The summed E-state index contributed by atoms with van der Waals surface area (Å²) < 4.78 is 26.2. The van der Waals surface area contributed by atoms with Gasteiger partial charge in [-0.3, -0.25) is 9.59 Å². The molecule has 1 aliphatic rings. The zero-order valence-electron chi connectivity index (χ0n) is 11.7. The summed E-state index contributed by atoms with van der Waals surface area (Å²) in [7, 11) is 2.93. The molecule has 0 aliphatic carbocycles. The van der Waals surface area contributed by atoms with Crippen LogP contribution in [0.15, 0.2) is 0 Å². The fraction of sp³-hybridized carbons (Fsp3) is 0.833. The van der Waals surface area contributed by atoms with Gasteiger partial charge in [-0.1, -0.05) is 0 Å². The van der Waals surface area contributed by atoms with E-state index in [9.17, 15) is 9.59 Å². The lowest BCUT2D eigenvalue weighted by Crippen LogP contribution is -2.43. The molecule has 7 nitrogen and oxygen atoms in total. The molecular formula is C12H20O7. The van der Waals surface area contributed by atoms with E-state index in [1.165, 1.54) is 28.1 Å². The van der Waals surface area contributed by atoms with Gasteiger partial charge in [0.2, 0.25) is 0 Å². The van der Waals surface area contributed by atoms with Gasteiger partial charge in [0.15, 0.2) is 12.4 Å². The lowest BCUT2D eigenvalue weighted by molar-refractivity contribution is -0.178. The molecule has 0 radical (unpaired) electrons. The largest absolute Gasteiger partial charge is 0.460 e. The van der Waals surface area contributed by atoms with E-state index in [0.29, 0.717) is 0 Å². The minimum absolute atomic E-state index is 0.437. The van der Waals surface area contributed by atoms with Crippen LogP contribution < -0.4 is 0 Å². The van der Waals surface area contributed by atoms with Crippen LogP contribution in [0.3, 0.4) is 0 Å². The lowest BCUT2D eigenvalue weighted by Gasteiger charge is -2.25. The van der Waals surface area contributed by atoms with Gasteiger partial charge < -0.3 is 23.7 Å². The van der Waals surface area contributed by atoms with Crippen LogP contribution in [0, 0.1) is 0 Å². The summed E-state index contributed by atoms with van der Waals surface area (Å²) in [4.78, 5) is 22.2. The van der Waals surface area contributed by atoms with Crippen LogP contribution in [0.4, 0.5) is 0 Å². The molecule has 0 aromatic heterocycles. The third kappa shape index (κ3) is 3.89. The molecule has 7 heteroatoms. The second kappa shape index (κ2) is 6.83. The molecule has 0 bridgehead atoms. The van der Waals surface area contributed by atoms with Crippen molar-refractivity contribution < 1.29 is 33.3 Å². The van der Waals surface area contributed by atoms with Gasteiger partial charge in [0.1, 0.15) is 18.3 Å². The van der Waals surface area contributed by atoms with Crippen LogP contribution in [0.25, 0.3) is 0 Å². The highest BCUT2D eigenvalue weighted by molar-refractivity contribution is 5.67. The van der Waals surface area contributed by atoms with Crippen LogP contribution in [0.5, 0.6) is 0 Å². The molecule has 19 heavy (non-hydrogen) atoms. The summed E-state index contributed by atoms with van der Waals surface area (Å²) in [5.41, 5.74) is 0. The van der Waals surface area contributed by atoms with Gasteiger partial charge >= 0.3 is 11.9 Å². The van der Waals surface area contributed by atoms with Crippen molar-refractivity contribution in [1.82, 2.24) is 0 Å². The third-order valence-corrected chi connectivity index (χ3v) is 2.83. The van der Waals surface area contributed by atoms with E-state index in [0.717, 1.165) is 0 Å². The highest BCUT2D eigenvalue weighted by atomic mass is 16.7. The molecule has 0 N–H and O–H groups in total. The molecule has 1 aliphatic heterocycles. The summed E-state index contributed by atoms with van der Waals surface area (Å²) in [6.07, 6.45) is -3.17. The Bertz CT molecular complexity index is 330. The predicted octanol–water partition coefficient (Wildman–Crippen LogP) is 0.256. The first kappa shape index (κ1) is 15.9. The Kier molecular flexibility index (Phi) is 5.71. The van der Waals surface area contributed by atoms with Crippen molar-refractivity contribution in [1.29, 1.82) is 0 Å². The van der Waals surface area contributed by atoms with E-state index in [1.54, 1.807) is 6.92 Å². The first-order valence-corrected chi connectivity index (χ1v) is 5.96. The molecule has 1 fully saturated rings. The number of rotatable bonds is 5. The molecule has 0 spiro atoms. The Labute approximate surface area is 112 Å². The second-order valence-electron chi connectivity index (χ2n) is 4.29. The van der Waals surface area contributed by atoms with Crippen molar-refractivity contribution in [2.75, 3.05) is 14.2 Å². The zero-order valence-corrected chi connectivity index (χ0v) is 11.7. The number of carbonyl (C=O) groups excluding carboxylic acids is 2. The van der Waals surface area contributed by atoms with Crippen molar-refractivity contribution in [3.63, 3.8) is 0 Å². The fourth-order valence-corrected chi connectivity index (χ4v) is 2.12. The number of esters is 2. The van der Waals surface area contributed by atoms with E-state index in [2.05, 4.69) is 0 Å². The number of hydrogen-bond acceptors (Lipinski definition) is 7. The maximum Gasteiger partial charge on any atom is 0.303 e. The Morgan fingerprint density at radius 2 is 1.68 bits per heavy atom. The van der Waals surface area contributed by atoms with Gasteiger partial charge in [0, 0.05) is 28.1 Å². The number of methoxy groups -OCH3 is 2. The molecule has 0 aromatic carbocycles. The summed E-state index contributed by atoms with van der Waals surface area (Å²) in [5, 5.41) is 0. The summed E-state index contributed by atoms with van der Waals surface area (Å²) in [6.45, 7) is 4.25. The van der Waals surface area contributed by atoms with Crippen LogP contribution >= 0.6 is 0 Å². The molecule has 0 saturated carbocycles. The average Bonchev–Trinajstić information content (AvgIpc) is 2.65. The third-order valence-electron chi connectivity index (χ3n) is 2.83. The van der Waals surface area contributed by atoms with Gasteiger partial charge in [-0.05, 0) is 6.92 Å². The van der Waals surface area contributed by atoms with Crippen molar-refractivity contribution in [3.05, 3.63) is 0 Å². The lowest BCUT2D eigenvalue weighted by atomic mass is 10.1. The summed E-state index contributed by atoms with van der Waals surface area (Å²) in [5.74, 6) is -0.903. The molecule has 1 unspecified atom stereocenters. The SMILES string of the molecule is COC1O[C@H]([C@@H](C)OC(C)=O)[C@H](OC(C)=O)[C@@H]1OC. The predicted molar refractivity (Wildman–Crippen MR) is 63.2 cm³/mol. The van der Waals surface area contributed by atoms with Crippen LogP contribution in [0.1, 0.15) is 20.8 Å². The van der Waals surface area contributed by atoms with Gasteiger partial charge in [0.05, 0.1) is 0 Å². The van der Waals surface area contributed by atoms with Gasteiger partial charge in [-0.25, -0.2) is 0 Å². The monoisotopic (exact) mass is 276 g/mol. The molecule has 110 valence electrons. The Hall–Kier alpha value is -1.18. The maximum atomic E-state index is 11.2. The quantitative estimate of drug-likeness (QED) is 0.666. The normalized spacial score (nSPS) is 31.8. The first-order valence-electron chi connectivity index (χ1n) is 5.96. The van der Waals surface area contributed by atoms with E-state index in [-0.39, 0.29) is 0 Å². The van der Waals surface area contributed by atoms with Crippen molar-refractivity contribution in [2.24, 2.45) is 0 Å². The van der Waals surface area contributed by atoms with Crippen molar-refractivity contribution in [2.45, 2.75) is 51.5 Å². The van der Waals surface area contributed by atoms with Gasteiger partial charge in [-0.2, -0.15) is 0 Å². The zero-order chi connectivity index (χ0) is 14.6. The fourth-order valence-electron chi connectivity index (χ4n) is 2.12. The Balaban J connectivity index is 2.86. The first-order chi connectivity index (χ1) is 8.90. The maximum absolute atomic E-state index is 11.2. The van der Waals surface area contributed by atoms with E-state index < -0.39 is 42.6 Å². The molecule has 0 amide bonds. The molecule has 1 rings (SSSR count). The molecule has 0 aromatic rings. The van der Waals surface area contributed by atoms with E-state index in [4.69, 9.17) is 23.7 Å². The van der Waals surface area contributed by atoms with Crippen molar-refractivity contribution >= 4 is 11.9 Å². The van der Waals surface area contributed by atoms with Gasteiger partial charge in [-0.15, -0.1) is 0 Å². The number of carbonyl (C=O) groups is 2. The standard InChI is InChI=1S/C12H20O7/c1-6(17-7(2)13)9-10(18-8(3)14)11(15-4)12(16-5)19-9/h6,9-12H,1-5H3/t6-,9-,10+,11+,12?/m1/s1. The van der Waals surface area contributed by atoms with Crippen LogP contribution in [-0.4, -0.2) is 56.9 Å². The van der Waals surface area contributed by atoms with Crippen molar-refractivity contribution in [3.8, 4) is 0 Å². The molecule has 1 heterocycles. The van der Waals surface area contributed by atoms with Crippen LogP contribution in [0.2, 0.25) is 0 Å².